The number of anilines is 1. The zero-order chi connectivity index (χ0) is 16.1. The van der Waals surface area contributed by atoms with Crippen LogP contribution in [-0.2, 0) is 4.74 Å². The molecule has 0 unspecified atom stereocenters. The predicted octanol–water partition coefficient (Wildman–Crippen LogP) is 0.670. The fourth-order valence-corrected chi connectivity index (χ4v) is 2.41. The fraction of sp³-hybridized carbons (Fsp3) is 0.600. The van der Waals surface area contributed by atoms with Gasteiger partial charge in [0.05, 0.1) is 12.7 Å². The van der Waals surface area contributed by atoms with Crippen LogP contribution in [0.2, 0.25) is 0 Å². The van der Waals surface area contributed by atoms with Crippen LogP contribution in [0.4, 0.5) is 5.82 Å². The zero-order valence-corrected chi connectivity index (χ0v) is 12.7. The average Bonchev–Trinajstić information content (AvgIpc) is 2.86. The van der Waals surface area contributed by atoms with E-state index in [-0.39, 0.29) is 18.8 Å². The minimum atomic E-state index is -0.803. The third-order valence-corrected chi connectivity index (χ3v) is 3.73. The molecule has 0 radical (unpaired) electrons. The number of rotatable bonds is 6. The van der Waals surface area contributed by atoms with Crippen LogP contribution in [0.3, 0.4) is 0 Å². The lowest BCUT2D eigenvalue weighted by Crippen LogP contribution is -2.28. The van der Waals surface area contributed by atoms with E-state index in [1.165, 1.54) is 4.57 Å². The third-order valence-electron chi connectivity index (χ3n) is 3.73. The molecule has 1 aromatic heterocycles. The average molecular weight is 309 g/mol. The van der Waals surface area contributed by atoms with Crippen molar-refractivity contribution in [2.75, 3.05) is 12.3 Å². The summed E-state index contributed by atoms with van der Waals surface area (Å²) in [5.41, 5.74) is 5.89. The molecule has 0 aliphatic carbocycles. The van der Waals surface area contributed by atoms with Gasteiger partial charge >= 0.3 is 5.69 Å². The highest BCUT2D eigenvalue weighted by Gasteiger charge is 2.35. The summed E-state index contributed by atoms with van der Waals surface area (Å²) in [5.74, 6) is 0.172. The van der Waals surface area contributed by atoms with Crippen molar-refractivity contribution >= 4 is 11.9 Å². The van der Waals surface area contributed by atoms with Crippen molar-refractivity contribution in [3.8, 4) is 0 Å². The maximum Gasteiger partial charge on any atom is 0.351 e. The highest BCUT2D eigenvalue weighted by Crippen LogP contribution is 2.27. The van der Waals surface area contributed by atoms with Gasteiger partial charge in [0.1, 0.15) is 18.1 Å². The maximum absolute atomic E-state index is 12.0. The second kappa shape index (κ2) is 7.53. The first kappa shape index (κ1) is 16.7. The molecule has 7 nitrogen and oxygen atoms in total. The summed E-state index contributed by atoms with van der Waals surface area (Å²) in [5, 5.41) is 18.9. The number of hydrogen-bond acceptors (Lipinski definition) is 6. The Balaban J connectivity index is 2.22. The predicted molar refractivity (Wildman–Crippen MR) is 83.1 cm³/mol. The summed E-state index contributed by atoms with van der Waals surface area (Å²) in [6.07, 6.45) is 6.64. The van der Waals surface area contributed by atoms with Crippen molar-refractivity contribution in [3.63, 3.8) is 0 Å². The number of unbranched alkanes of at least 4 members (excludes halogenated alkanes) is 2. The molecule has 0 spiro atoms. The molecule has 1 aliphatic heterocycles. The van der Waals surface area contributed by atoms with Crippen LogP contribution in [0.15, 0.2) is 17.1 Å². The van der Waals surface area contributed by atoms with Crippen molar-refractivity contribution in [2.24, 2.45) is 0 Å². The molecule has 1 aliphatic rings. The van der Waals surface area contributed by atoms with Crippen molar-refractivity contribution < 1.29 is 14.9 Å². The number of aliphatic hydroxyl groups is 2. The molecule has 4 N–H and O–H groups in total. The number of hydrogen-bond donors (Lipinski definition) is 3. The Bertz CT molecular complexity index is 585. The van der Waals surface area contributed by atoms with E-state index in [1.54, 1.807) is 6.20 Å². The number of ether oxygens (including phenoxy) is 1. The van der Waals surface area contributed by atoms with Gasteiger partial charge in [0.25, 0.3) is 0 Å². The van der Waals surface area contributed by atoms with Gasteiger partial charge in [-0.1, -0.05) is 31.9 Å². The molecule has 2 heterocycles. The van der Waals surface area contributed by atoms with Crippen molar-refractivity contribution in [1.82, 2.24) is 9.55 Å². The van der Waals surface area contributed by atoms with E-state index in [1.807, 2.05) is 12.2 Å². The summed E-state index contributed by atoms with van der Waals surface area (Å²) in [6, 6.07) is 0. The molecule has 0 aromatic carbocycles. The molecule has 22 heavy (non-hydrogen) atoms. The summed E-state index contributed by atoms with van der Waals surface area (Å²) in [6.45, 7) is 1.82. The Morgan fingerprint density at radius 1 is 1.59 bits per heavy atom. The minimum Gasteiger partial charge on any atom is -0.394 e. The molecule has 0 amide bonds. The fourth-order valence-electron chi connectivity index (χ4n) is 2.41. The molecule has 1 fully saturated rings. The van der Waals surface area contributed by atoms with Crippen molar-refractivity contribution in [3.05, 3.63) is 28.3 Å². The van der Waals surface area contributed by atoms with E-state index in [2.05, 4.69) is 11.9 Å². The number of allylic oxidation sites excluding steroid dienone is 1. The first-order valence-corrected chi connectivity index (χ1v) is 7.56. The molecule has 1 aromatic rings. The highest BCUT2D eigenvalue weighted by molar-refractivity contribution is 5.59. The Kier molecular flexibility index (Phi) is 5.70. The number of nitrogens with two attached hydrogens (primary N) is 1. The Labute approximate surface area is 129 Å². The Morgan fingerprint density at radius 3 is 3.00 bits per heavy atom. The van der Waals surface area contributed by atoms with E-state index in [0.717, 1.165) is 19.3 Å². The first-order chi connectivity index (χ1) is 10.6. The normalized spacial score (nSPS) is 25.1. The van der Waals surface area contributed by atoms with Crippen molar-refractivity contribution in [2.45, 2.75) is 51.0 Å². The third kappa shape index (κ3) is 3.73. The van der Waals surface area contributed by atoms with Crippen LogP contribution in [0.25, 0.3) is 6.08 Å². The van der Waals surface area contributed by atoms with Crippen LogP contribution in [0.5, 0.6) is 0 Å². The summed E-state index contributed by atoms with van der Waals surface area (Å²) >= 11 is 0. The minimum absolute atomic E-state index is 0.172. The van der Waals surface area contributed by atoms with Crippen LogP contribution in [-0.4, -0.2) is 38.6 Å². The lowest BCUT2D eigenvalue weighted by atomic mass is 10.2. The summed E-state index contributed by atoms with van der Waals surface area (Å²) in [7, 11) is 0. The maximum atomic E-state index is 12.0. The second-order valence-corrected chi connectivity index (χ2v) is 5.43. The van der Waals surface area contributed by atoms with E-state index >= 15 is 0 Å². The second-order valence-electron chi connectivity index (χ2n) is 5.43. The molecule has 3 atom stereocenters. The number of aromatic nitrogens is 2. The van der Waals surface area contributed by atoms with Crippen LogP contribution >= 0.6 is 0 Å². The standard InChI is InChI=1S/C15H23N3O4/c1-2-3-4-5-6-10-8-18(15(21)17-14(10)16)13-7-11(20)12(9-19)22-13/h5-6,8,11-13,19-20H,2-4,7,9H2,1H3,(H2,16,17,21)/t11-,12+,13+/m0/s1. The largest absolute Gasteiger partial charge is 0.394 e. The molecular weight excluding hydrogens is 286 g/mol. The topological polar surface area (TPSA) is 111 Å². The van der Waals surface area contributed by atoms with Gasteiger partial charge in [0.2, 0.25) is 0 Å². The van der Waals surface area contributed by atoms with Gasteiger partial charge in [-0.2, -0.15) is 4.98 Å². The van der Waals surface area contributed by atoms with Crippen LogP contribution in [0.1, 0.15) is 44.4 Å². The van der Waals surface area contributed by atoms with E-state index in [0.29, 0.717) is 5.56 Å². The van der Waals surface area contributed by atoms with E-state index < -0.39 is 24.1 Å². The van der Waals surface area contributed by atoms with Crippen molar-refractivity contribution in [1.29, 1.82) is 0 Å². The van der Waals surface area contributed by atoms with Gasteiger partial charge < -0.3 is 20.7 Å². The quantitative estimate of drug-likeness (QED) is 0.666. The lowest BCUT2D eigenvalue weighted by molar-refractivity contribution is -0.0458. The summed E-state index contributed by atoms with van der Waals surface area (Å²) < 4.78 is 6.80. The van der Waals surface area contributed by atoms with Gasteiger partial charge in [-0.25, -0.2) is 4.79 Å². The Hall–Kier alpha value is -1.70. The number of nitrogen functional groups attached to an aromatic ring is 1. The van der Waals surface area contributed by atoms with Gasteiger partial charge in [-0.15, -0.1) is 0 Å². The monoisotopic (exact) mass is 309 g/mol. The Morgan fingerprint density at radius 2 is 2.36 bits per heavy atom. The SMILES string of the molecule is CCCCC=Cc1cn([C@H]2C[C@H](O)[C@@H](CO)O2)c(=O)nc1N. The van der Waals surface area contributed by atoms with Gasteiger partial charge in [0.15, 0.2) is 0 Å². The molecule has 1 saturated heterocycles. The molecule has 0 bridgehead atoms. The molecular formula is C15H23N3O4. The molecule has 7 heteroatoms. The zero-order valence-electron chi connectivity index (χ0n) is 12.7. The summed E-state index contributed by atoms with van der Waals surface area (Å²) in [4.78, 5) is 15.8. The number of nitrogens with zero attached hydrogens (tertiary/aromatic N) is 2. The number of aliphatic hydroxyl groups excluding tert-OH is 2. The van der Waals surface area contributed by atoms with Crippen LogP contribution in [0, 0.1) is 0 Å². The smallest absolute Gasteiger partial charge is 0.351 e. The van der Waals surface area contributed by atoms with Gasteiger partial charge in [-0.3, -0.25) is 4.57 Å². The molecule has 122 valence electrons. The molecule has 0 saturated carbocycles. The van der Waals surface area contributed by atoms with E-state index in [4.69, 9.17) is 15.6 Å². The van der Waals surface area contributed by atoms with E-state index in [9.17, 15) is 9.90 Å². The lowest BCUT2D eigenvalue weighted by Gasteiger charge is -2.15. The first-order valence-electron chi connectivity index (χ1n) is 7.56. The highest BCUT2D eigenvalue weighted by atomic mass is 16.5. The van der Waals surface area contributed by atoms with Crippen LogP contribution < -0.4 is 11.4 Å². The van der Waals surface area contributed by atoms with Gasteiger partial charge in [0, 0.05) is 18.2 Å². The van der Waals surface area contributed by atoms with Gasteiger partial charge in [-0.05, 0) is 6.42 Å². The molecule has 2 rings (SSSR count).